The van der Waals surface area contributed by atoms with Gasteiger partial charge in [0, 0.05) is 0 Å². The van der Waals surface area contributed by atoms with Gasteiger partial charge >= 0.3 is 5.97 Å². The maximum absolute atomic E-state index is 11.8. The topological polar surface area (TPSA) is 64.6 Å². The number of anilines is 1. The molecule has 0 saturated carbocycles. The van der Waals surface area contributed by atoms with Gasteiger partial charge in [-0.25, -0.2) is 0 Å². The van der Waals surface area contributed by atoms with Crippen molar-refractivity contribution in [1.82, 2.24) is 0 Å². The molecule has 1 N–H and O–H groups in total. The zero-order valence-electron chi connectivity index (χ0n) is 12.4. The lowest BCUT2D eigenvalue weighted by molar-refractivity contribution is -0.140. The Kier molecular flexibility index (Phi) is 8.35. The summed E-state index contributed by atoms with van der Waals surface area (Å²) in [6.07, 6.45) is 0.797. The number of ether oxygens (including phenoxy) is 2. The van der Waals surface area contributed by atoms with E-state index in [1.54, 1.807) is 12.1 Å². The fraction of sp³-hybridized carbons (Fsp3) is 0.467. The Balaban J connectivity index is 2.35. The van der Waals surface area contributed by atoms with E-state index in [1.807, 2.05) is 26.0 Å². The number of carbonyl (C=O) groups excluding carboxylic acids is 2. The van der Waals surface area contributed by atoms with Crippen LogP contribution in [0.2, 0.25) is 0 Å². The normalized spacial score (nSPS) is 10.0. The predicted octanol–water partition coefficient (Wildman–Crippen LogP) is 2.71. The summed E-state index contributed by atoms with van der Waals surface area (Å²) < 4.78 is 10.4. The molecule has 1 aromatic carbocycles. The minimum atomic E-state index is -0.288. The van der Waals surface area contributed by atoms with Gasteiger partial charge in [-0.2, -0.15) is 0 Å². The number of rotatable bonds is 9. The van der Waals surface area contributed by atoms with Crippen LogP contribution in [0.4, 0.5) is 5.69 Å². The number of esters is 1. The first-order valence-electron chi connectivity index (χ1n) is 6.92. The van der Waals surface area contributed by atoms with Crippen molar-refractivity contribution in [3.63, 3.8) is 0 Å². The lowest BCUT2D eigenvalue weighted by atomic mass is 10.3. The van der Waals surface area contributed by atoms with Gasteiger partial charge in [-0.05, 0) is 25.5 Å². The highest BCUT2D eigenvalue weighted by atomic mass is 32.2. The largest absolute Gasteiger partial charge is 0.492 e. The standard InChI is InChI=1S/C15H21NO4S/c1-3-9-20-15(18)11-21-10-14(17)16-12-7-5-6-8-13(12)19-4-2/h5-8H,3-4,9-11H2,1-2H3,(H,16,17). The quantitative estimate of drug-likeness (QED) is 0.710. The smallest absolute Gasteiger partial charge is 0.315 e. The van der Waals surface area contributed by atoms with E-state index in [2.05, 4.69) is 5.32 Å². The molecule has 0 saturated heterocycles. The maximum atomic E-state index is 11.8. The van der Waals surface area contributed by atoms with Crippen molar-refractivity contribution in [1.29, 1.82) is 0 Å². The van der Waals surface area contributed by atoms with E-state index >= 15 is 0 Å². The molecule has 0 aliphatic carbocycles. The third-order valence-electron chi connectivity index (χ3n) is 2.38. The minimum absolute atomic E-state index is 0.171. The van der Waals surface area contributed by atoms with Gasteiger partial charge in [0.05, 0.1) is 30.4 Å². The number of amides is 1. The molecule has 1 aromatic rings. The number of hydrogen-bond acceptors (Lipinski definition) is 5. The van der Waals surface area contributed by atoms with Crippen LogP contribution in [0.5, 0.6) is 5.75 Å². The highest BCUT2D eigenvalue weighted by Crippen LogP contribution is 2.23. The van der Waals surface area contributed by atoms with E-state index in [-0.39, 0.29) is 23.4 Å². The molecular formula is C15H21NO4S. The van der Waals surface area contributed by atoms with Crippen molar-refractivity contribution in [2.24, 2.45) is 0 Å². The molecule has 21 heavy (non-hydrogen) atoms. The van der Waals surface area contributed by atoms with Gasteiger partial charge in [-0.3, -0.25) is 9.59 Å². The fourth-order valence-electron chi connectivity index (χ4n) is 1.52. The molecule has 0 bridgehead atoms. The molecule has 0 fully saturated rings. The van der Waals surface area contributed by atoms with Gasteiger partial charge in [-0.1, -0.05) is 19.1 Å². The second-order valence-electron chi connectivity index (χ2n) is 4.19. The van der Waals surface area contributed by atoms with Gasteiger partial charge in [-0.15, -0.1) is 11.8 Å². The molecule has 0 unspecified atom stereocenters. The SMILES string of the molecule is CCCOC(=O)CSCC(=O)Nc1ccccc1OCC. The van der Waals surface area contributed by atoms with Gasteiger partial charge in [0.2, 0.25) is 5.91 Å². The molecular weight excluding hydrogens is 290 g/mol. The predicted molar refractivity (Wildman–Crippen MR) is 84.8 cm³/mol. The third kappa shape index (κ3) is 7.04. The monoisotopic (exact) mass is 311 g/mol. The number of hydrogen-bond donors (Lipinski definition) is 1. The number of benzene rings is 1. The number of carbonyl (C=O) groups is 2. The molecule has 116 valence electrons. The molecule has 0 heterocycles. The summed E-state index contributed by atoms with van der Waals surface area (Å²) in [6.45, 7) is 4.78. The lowest BCUT2D eigenvalue weighted by Crippen LogP contribution is -2.17. The Morgan fingerprint density at radius 2 is 1.95 bits per heavy atom. The van der Waals surface area contributed by atoms with Crippen LogP contribution in [0, 0.1) is 0 Å². The Morgan fingerprint density at radius 3 is 2.67 bits per heavy atom. The molecule has 0 atom stereocenters. The molecule has 1 amide bonds. The van der Waals surface area contributed by atoms with Crippen molar-refractivity contribution in [3.8, 4) is 5.75 Å². The second-order valence-corrected chi connectivity index (χ2v) is 5.18. The van der Waals surface area contributed by atoms with Crippen LogP contribution >= 0.6 is 11.8 Å². The summed E-state index contributed by atoms with van der Waals surface area (Å²) in [5.74, 6) is 0.558. The van der Waals surface area contributed by atoms with E-state index < -0.39 is 0 Å². The molecule has 6 heteroatoms. The van der Waals surface area contributed by atoms with E-state index in [0.29, 0.717) is 24.7 Å². The van der Waals surface area contributed by atoms with Crippen LogP contribution < -0.4 is 10.1 Å². The lowest BCUT2D eigenvalue weighted by Gasteiger charge is -2.11. The highest BCUT2D eigenvalue weighted by molar-refractivity contribution is 8.00. The molecule has 0 radical (unpaired) electrons. The molecule has 5 nitrogen and oxygen atoms in total. The molecule has 1 rings (SSSR count). The summed E-state index contributed by atoms with van der Waals surface area (Å²) in [7, 11) is 0. The Bertz CT molecular complexity index is 465. The average molecular weight is 311 g/mol. The third-order valence-corrected chi connectivity index (χ3v) is 3.29. The first-order chi connectivity index (χ1) is 10.2. The number of thioether (sulfide) groups is 1. The van der Waals surface area contributed by atoms with Gasteiger partial charge in [0.15, 0.2) is 0 Å². The minimum Gasteiger partial charge on any atom is -0.492 e. The highest BCUT2D eigenvalue weighted by Gasteiger charge is 2.09. The van der Waals surface area contributed by atoms with Gasteiger partial charge < -0.3 is 14.8 Å². The van der Waals surface area contributed by atoms with Crippen LogP contribution in [-0.4, -0.2) is 36.6 Å². The van der Waals surface area contributed by atoms with Crippen molar-refractivity contribution in [2.45, 2.75) is 20.3 Å². The first-order valence-corrected chi connectivity index (χ1v) is 8.07. The first kappa shape index (κ1) is 17.4. The number of nitrogens with one attached hydrogen (secondary N) is 1. The van der Waals surface area contributed by atoms with Crippen molar-refractivity contribution in [2.75, 3.05) is 30.0 Å². The van der Waals surface area contributed by atoms with Crippen LogP contribution in [-0.2, 0) is 14.3 Å². The molecule has 0 aliphatic heterocycles. The van der Waals surface area contributed by atoms with Crippen molar-refractivity contribution >= 4 is 29.3 Å². The summed E-state index contributed by atoms with van der Waals surface area (Å²) in [6, 6.07) is 7.25. The maximum Gasteiger partial charge on any atom is 0.315 e. The van der Waals surface area contributed by atoms with Crippen LogP contribution in [0.1, 0.15) is 20.3 Å². The summed E-state index contributed by atoms with van der Waals surface area (Å²) in [5, 5.41) is 2.78. The summed E-state index contributed by atoms with van der Waals surface area (Å²) in [5.41, 5.74) is 0.638. The summed E-state index contributed by atoms with van der Waals surface area (Å²) >= 11 is 1.23. The fourth-order valence-corrected chi connectivity index (χ4v) is 2.13. The van der Waals surface area contributed by atoms with Crippen molar-refractivity contribution in [3.05, 3.63) is 24.3 Å². The van der Waals surface area contributed by atoms with E-state index in [4.69, 9.17) is 9.47 Å². The Morgan fingerprint density at radius 1 is 1.19 bits per heavy atom. The Labute approximate surface area is 129 Å². The Hall–Kier alpha value is -1.69. The van der Waals surface area contributed by atoms with Crippen LogP contribution in [0.15, 0.2) is 24.3 Å². The number of para-hydroxylation sites is 2. The van der Waals surface area contributed by atoms with E-state index in [1.165, 1.54) is 11.8 Å². The van der Waals surface area contributed by atoms with Gasteiger partial charge in [0.25, 0.3) is 0 Å². The molecule has 0 spiro atoms. The second kappa shape index (κ2) is 10.1. The average Bonchev–Trinajstić information content (AvgIpc) is 2.47. The van der Waals surface area contributed by atoms with E-state index in [0.717, 1.165) is 6.42 Å². The van der Waals surface area contributed by atoms with Crippen LogP contribution in [0.3, 0.4) is 0 Å². The zero-order valence-corrected chi connectivity index (χ0v) is 13.2. The van der Waals surface area contributed by atoms with Gasteiger partial charge in [0.1, 0.15) is 5.75 Å². The van der Waals surface area contributed by atoms with Crippen LogP contribution in [0.25, 0.3) is 0 Å². The summed E-state index contributed by atoms with van der Waals surface area (Å²) in [4.78, 5) is 23.1. The molecule has 0 aliphatic rings. The molecule has 0 aromatic heterocycles. The zero-order chi connectivity index (χ0) is 15.5. The van der Waals surface area contributed by atoms with Crippen molar-refractivity contribution < 1.29 is 19.1 Å². The van der Waals surface area contributed by atoms with E-state index in [9.17, 15) is 9.59 Å².